The Morgan fingerprint density at radius 2 is 1.68 bits per heavy atom. The first-order valence-corrected chi connectivity index (χ1v) is 16.7. The van der Waals surface area contributed by atoms with Gasteiger partial charge in [-0.2, -0.15) is 0 Å². The number of ether oxygens (including phenoxy) is 1. The van der Waals surface area contributed by atoms with Gasteiger partial charge in [0.2, 0.25) is 23.6 Å². The summed E-state index contributed by atoms with van der Waals surface area (Å²) in [4.78, 5) is 68.2. The highest BCUT2D eigenvalue weighted by Gasteiger charge is 2.43. The third-order valence-electron chi connectivity index (χ3n) is 9.18. The molecule has 2 saturated heterocycles. The number of Topliss-reactive ketones (excluding diaryl/α,β-unsaturated/α-hetero) is 1. The first-order chi connectivity index (χ1) is 22.5. The van der Waals surface area contributed by atoms with Crippen molar-refractivity contribution in [1.82, 2.24) is 20.9 Å². The Hall–Kier alpha value is -4.25. The van der Waals surface area contributed by atoms with Crippen LogP contribution in [-0.2, 0) is 37.0 Å². The fraction of sp³-hybridized carbons (Fsp3) is 0.528. The van der Waals surface area contributed by atoms with Crippen LogP contribution in [0.25, 0.3) is 0 Å². The summed E-state index contributed by atoms with van der Waals surface area (Å²) in [6.45, 7) is 5.62. The molecule has 0 bridgehead atoms. The summed E-state index contributed by atoms with van der Waals surface area (Å²) in [5, 5.41) is 18.1. The molecule has 2 fully saturated rings. The first-order valence-electron chi connectivity index (χ1n) is 16.7. The standard InChI is InChI=1S/C36H48N4O7/c1-4-36(3)35(46)38-29(22-25-17-19-27(20-18-25)47-23-26-12-7-5-8-13-26)34(45)40-21-11-15-30(40)33(44)37-28(32(43)39-36)14-9-6-10-16-31(42)24(2)41/h5,7-8,12-13,17-20,24,28-30,41H,4,6,9-11,14-16,21-23H2,1-3H3,(H,37,44)(H,38,46)(H,39,43)/t24-,28+,29-,30?,36+/m1/s1. The molecule has 4 amide bonds. The molecule has 47 heavy (non-hydrogen) atoms. The minimum Gasteiger partial charge on any atom is -0.489 e. The lowest BCUT2D eigenvalue weighted by Crippen LogP contribution is -2.65. The van der Waals surface area contributed by atoms with Crippen molar-refractivity contribution in [1.29, 1.82) is 0 Å². The lowest BCUT2D eigenvalue weighted by molar-refractivity contribution is -0.144. The molecular weight excluding hydrogens is 600 g/mol. The van der Waals surface area contributed by atoms with Crippen molar-refractivity contribution in [3.05, 3.63) is 65.7 Å². The molecule has 4 rings (SSSR count). The fourth-order valence-electron chi connectivity index (χ4n) is 5.95. The number of aliphatic hydroxyl groups is 1. The van der Waals surface area contributed by atoms with Gasteiger partial charge in [0.25, 0.3) is 0 Å². The van der Waals surface area contributed by atoms with Gasteiger partial charge in [-0.3, -0.25) is 24.0 Å². The summed E-state index contributed by atoms with van der Waals surface area (Å²) in [5.74, 6) is -1.26. The van der Waals surface area contributed by atoms with Crippen LogP contribution in [0.1, 0.15) is 83.3 Å². The summed E-state index contributed by atoms with van der Waals surface area (Å²) in [6, 6.07) is 14.6. The van der Waals surface area contributed by atoms with E-state index in [1.54, 1.807) is 13.8 Å². The number of carbonyl (C=O) groups excluding carboxylic acids is 5. The summed E-state index contributed by atoms with van der Waals surface area (Å²) >= 11 is 0. The van der Waals surface area contributed by atoms with Gasteiger partial charge >= 0.3 is 0 Å². The second-order valence-electron chi connectivity index (χ2n) is 12.8. The van der Waals surface area contributed by atoms with Crippen molar-refractivity contribution in [2.75, 3.05) is 6.54 Å². The van der Waals surface area contributed by atoms with Crippen LogP contribution in [0.4, 0.5) is 0 Å². The van der Waals surface area contributed by atoms with Gasteiger partial charge in [0, 0.05) is 19.4 Å². The molecule has 2 aromatic rings. The van der Waals surface area contributed by atoms with E-state index in [2.05, 4.69) is 16.0 Å². The zero-order chi connectivity index (χ0) is 34.0. The number of hydrogen-bond acceptors (Lipinski definition) is 7. The highest BCUT2D eigenvalue weighted by molar-refractivity contribution is 5.99. The molecule has 1 unspecified atom stereocenters. The molecule has 2 aliphatic heterocycles. The molecule has 0 aliphatic carbocycles. The highest BCUT2D eigenvalue weighted by atomic mass is 16.5. The molecule has 2 heterocycles. The Kier molecular flexibility index (Phi) is 12.5. The van der Waals surface area contributed by atoms with Crippen LogP contribution in [0.15, 0.2) is 54.6 Å². The Morgan fingerprint density at radius 3 is 2.36 bits per heavy atom. The number of amides is 4. The van der Waals surface area contributed by atoms with Crippen LogP contribution >= 0.6 is 0 Å². The third kappa shape index (κ3) is 9.63. The van der Waals surface area contributed by atoms with Crippen molar-refractivity contribution in [3.8, 4) is 5.75 Å². The van der Waals surface area contributed by atoms with Crippen molar-refractivity contribution in [2.45, 2.75) is 115 Å². The van der Waals surface area contributed by atoms with Crippen LogP contribution in [0.2, 0.25) is 0 Å². The number of nitrogens with one attached hydrogen (secondary N) is 3. The van der Waals surface area contributed by atoms with E-state index in [1.807, 2.05) is 54.6 Å². The van der Waals surface area contributed by atoms with Crippen molar-refractivity contribution >= 4 is 29.4 Å². The molecule has 11 nitrogen and oxygen atoms in total. The monoisotopic (exact) mass is 648 g/mol. The fourth-order valence-corrected chi connectivity index (χ4v) is 5.95. The number of hydrogen-bond donors (Lipinski definition) is 4. The number of rotatable bonds is 13. The van der Waals surface area contributed by atoms with E-state index >= 15 is 0 Å². The Morgan fingerprint density at radius 1 is 0.957 bits per heavy atom. The summed E-state index contributed by atoms with van der Waals surface area (Å²) in [7, 11) is 0. The smallest absolute Gasteiger partial charge is 0.246 e. The number of benzene rings is 2. The van der Waals surface area contributed by atoms with Gasteiger partial charge in [0.1, 0.15) is 42.1 Å². The number of aliphatic hydroxyl groups excluding tert-OH is 1. The second kappa shape index (κ2) is 16.5. The Balaban J connectivity index is 1.48. The quantitative estimate of drug-likeness (QED) is 0.244. The van der Waals surface area contributed by atoms with Crippen molar-refractivity contribution < 1.29 is 33.8 Å². The highest BCUT2D eigenvalue weighted by Crippen LogP contribution is 2.23. The topological polar surface area (TPSA) is 154 Å². The number of carbonyl (C=O) groups is 5. The van der Waals surface area contributed by atoms with Gasteiger partial charge in [-0.15, -0.1) is 0 Å². The SMILES string of the molecule is CC[C@]1(C)NC(=O)[C@H](CCCCCC(=O)[C@@H](C)O)NC(=O)C2CCCN2C(=O)[C@@H](Cc2ccc(OCc3ccccc3)cc2)NC1=O. The molecule has 0 spiro atoms. The van der Waals surface area contributed by atoms with E-state index in [1.165, 1.54) is 11.8 Å². The molecule has 0 aromatic heterocycles. The van der Waals surface area contributed by atoms with E-state index in [9.17, 15) is 29.1 Å². The first kappa shape index (κ1) is 35.6. The predicted molar refractivity (Wildman–Crippen MR) is 176 cm³/mol. The second-order valence-corrected chi connectivity index (χ2v) is 12.8. The average molecular weight is 649 g/mol. The van der Waals surface area contributed by atoms with E-state index in [-0.39, 0.29) is 31.0 Å². The predicted octanol–water partition coefficient (Wildman–Crippen LogP) is 2.97. The van der Waals surface area contributed by atoms with Crippen LogP contribution in [0, 0.1) is 0 Å². The van der Waals surface area contributed by atoms with Gasteiger partial charge < -0.3 is 30.7 Å². The zero-order valence-corrected chi connectivity index (χ0v) is 27.6. The van der Waals surface area contributed by atoms with Crippen LogP contribution in [-0.4, -0.2) is 75.7 Å². The molecular formula is C36H48N4O7. The minimum atomic E-state index is -1.33. The van der Waals surface area contributed by atoms with Crippen LogP contribution in [0.5, 0.6) is 5.75 Å². The minimum absolute atomic E-state index is 0.197. The molecule has 2 aromatic carbocycles. The van der Waals surface area contributed by atoms with Crippen molar-refractivity contribution in [3.63, 3.8) is 0 Å². The van der Waals surface area contributed by atoms with Crippen LogP contribution in [0.3, 0.4) is 0 Å². The summed E-state index contributed by atoms with van der Waals surface area (Å²) in [5.41, 5.74) is 0.517. The molecule has 0 radical (unpaired) electrons. The van der Waals surface area contributed by atoms with E-state index in [4.69, 9.17) is 4.74 Å². The Labute approximate surface area is 276 Å². The molecule has 4 N–H and O–H groups in total. The Bertz CT molecular complexity index is 1400. The van der Waals surface area contributed by atoms with Crippen molar-refractivity contribution in [2.24, 2.45) is 0 Å². The van der Waals surface area contributed by atoms with E-state index < -0.39 is 47.5 Å². The number of fused-ring (bicyclic) bond motifs is 1. The number of nitrogens with zero attached hydrogens (tertiary/aromatic N) is 1. The molecule has 5 atom stereocenters. The van der Waals surface area contributed by atoms with E-state index in [0.717, 1.165) is 11.1 Å². The maximum Gasteiger partial charge on any atom is 0.246 e. The summed E-state index contributed by atoms with van der Waals surface area (Å²) in [6.07, 6.45) is 2.79. The average Bonchev–Trinajstić information content (AvgIpc) is 3.56. The summed E-state index contributed by atoms with van der Waals surface area (Å²) < 4.78 is 5.90. The van der Waals surface area contributed by atoms with Crippen LogP contribution < -0.4 is 20.7 Å². The van der Waals surface area contributed by atoms with Gasteiger partial charge in [-0.25, -0.2) is 0 Å². The van der Waals surface area contributed by atoms with Gasteiger partial charge in [0.05, 0.1) is 0 Å². The van der Waals surface area contributed by atoms with Gasteiger partial charge in [0.15, 0.2) is 5.78 Å². The molecule has 2 aliphatic rings. The van der Waals surface area contributed by atoms with E-state index in [0.29, 0.717) is 57.4 Å². The number of unbranched alkanes of at least 4 members (excludes halogenated alkanes) is 2. The third-order valence-corrected chi connectivity index (χ3v) is 9.18. The molecule has 0 saturated carbocycles. The maximum absolute atomic E-state index is 14.0. The number of ketones is 1. The largest absolute Gasteiger partial charge is 0.489 e. The molecule has 254 valence electrons. The van der Waals surface area contributed by atoms with Gasteiger partial charge in [-0.05, 0) is 69.2 Å². The normalized spacial score (nSPS) is 24.3. The lowest BCUT2D eigenvalue weighted by atomic mass is 9.94. The lowest BCUT2D eigenvalue weighted by Gasteiger charge is -2.36. The maximum atomic E-state index is 14.0. The molecule has 11 heteroatoms. The van der Waals surface area contributed by atoms with Gasteiger partial charge in [-0.1, -0.05) is 62.2 Å². The zero-order valence-electron chi connectivity index (χ0n) is 27.6.